The average Bonchev–Trinajstić information content (AvgIpc) is 2.86. The molecule has 0 saturated carbocycles. The van der Waals surface area contributed by atoms with Crippen LogP contribution in [0.1, 0.15) is 5.56 Å². The number of nitrogens with zero attached hydrogens (tertiary/aromatic N) is 3. The van der Waals surface area contributed by atoms with Crippen LogP contribution in [0.3, 0.4) is 0 Å². The molecule has 0 atom stereocenters. The predicted octanol–water partition coefficient (Wildman–Crippen LogP) is 5.14. The third-order valence-corrected chi connectivity index (χ3v) is 5.15. The SMILES string of the molecule is CN1C(=O)C(=Cc2ccc(Cl)c([N+](=O)[O-])c2)SC1=Nc1ccc(Cl)cc1. The van der Waals surface area contributed by atoms with Crippen molar-refractivity contribution in [3.05, 3.63) is 73.1 Å². The molecule has 0 N–H and O–H groups in total. The van der Waals surface area contributed by atoms with Gasteiger partial charge in [0.1, 0.15) is 5.02 Å². The number of nitro benzene ring substituents is 1. The second-order valence-corrected chi connectivity index (χ2v) is 7.17. The fourth-order valence-electron chi connectivity index (χ4n) is 2.19. The molecule has 2 aromatic rings. The van der Waals surface area contributed by atoms with Gasteiger partial charge in [-0.1, -0.05) is 29.3 Å². The lowest BCUT2D eigenvalue weighted by molar-refractivity contribution is -0.384. The van der Waals surface area contributed by atoms with E-state index in [9.17, 15) is 14.9 Å². The van der Waals surface area contributed by atoms with Crippen molar-refractivity contribution in [2.24, 2.45) is 4.99 Å². The first-order valence-corrected chi connectivity index (χ1v) is 8.88. The minimum atomic E-state index is -0.562. The number of halogens is 2. The molecule has 1 aliphatic rings. The molecule has 0 aliphatic carbocycles. The minimum absolute atomic E-state index is 0.0460. The quantitative estimate of drug-likeness (QED) is 0.401. The van der Waals surface area contributed by atoms with Gasteiger partial charge in [-0.3, -0.25) is 19.8 Å². The Morgan fingerprint density at radius 2 is 1.88 bits per heavy atom. The molecule has 2 aromatic carbocycles. The van der Waals surface area contributed by atoms with E-state index in [2.05, 4.69) is 4.99 Å². The number of amides is 1. The Morgan fingerprint density at radius 3 is 2.54 bits per heavy atom. The van der Waals surface area contributed by atoms with Gasteiger partial charge >= 0.3 is 0 Å². The summed E-state index contributed by atoms with van der Waals surface area (Å²) in [5.74, 6) is -0.236. The minimum Gasteiger partial charge on any atom is -0.290 e. The first kappa shape index (κ1) is 18.4. The van der Waals surface area contributed by atoms with Gasteiger partial charge in [-0.2, -0.15) is 0 Å². The number of carbonyl (C=O) groups excluding carboxylic acids is 1. The summed E-state index contributed by atoms with van der Waals surface area (Å²) in [5, 5.41) is 12.2. The normalized spacial score (nSPS) is 17.3. The molecule has 0 spiro atoms. The van der Waals surface area contributed by atoms with Gasteiger partial charge < -0.3 is 0 Å². The Hall–Kier alpha value is -2.35. The summed E-state index contributed by atoms with van der Waals surface area (Å²) in [6.07, 6.45) is 1.58. The van der Waals surface area contributed by atoms with Gasteiger partial charge in [0.05, 0.1) is 15.5 Å². The van der Waals surface area contributed by atoms with Crippen molar-refractivity contribution in [3.8, 4) is 0 Å². The summed E-state index contributed by atoms with van der Waals surface area (Å²) in [7, 11) is 1.62. The van der Waals surface area contributed by atoms with Crippen LogP contribution in [0.2, 0.25) is 10.0 Å². The van der Waals surface area contributed by atoms with E-state index in [-0.39, 0.29) is 16.6 Å². The number of benzene rings is 2. The van der Waals surface area contributed by atoms with Gasteiger partial charge in [-0.05, 0) is 53.7 Å². The predicted molar refractivity (Wildman–Crippen MR) is 105 cm³/mol. The van der Waals surface area contributed by atoms with Gasteiger partial charge in [-0.15, -0.1) is 0 Å². The smallest absolute Gasteiger partial charge is 0.288 e. The molecule has 0 radical (unpaired) electrons. The van der Waals surface area contributed by atoms with E-state index in [4.69, 9.17) is 23.2 Å². The lowest BCUT2D eigenvalue weighted by atomic mass is 10.2. The van der Waals surface area contributed by atoms with E-state index in [0.29, 0.717) is 26.3 Å². The highest BCUT2D eigenvalue weighted by Gasteiger charge is 2.30. The zero-order valence-corrected chi connectivity index (χ0v) is 15.7. The van der Waals surface area contributed by atoms with Crippen molar-refractivity contribution in [2.45, 2.75) is 0 Å². The summed E-state index contributed by atoms with van der Waals surface area (Å²) >= 11 is 12.9. The van der Waals surface area contributed by atoms with Gasteiger partial charge in [0.25, 0.3) is 11.6 Å². The van der Waals surface area contributed by atoms with Crippen LogP contribution in [0.5, 0.6) is 0 Å². The number of hydrogen-bond donors (Lipinski definition) is 0. The summed E-state index contributed by atoms with van der Waals surface area (Å²) in [6, 6.07) is 11.3. The van der Waals surface area contributed by atoms with E-state index in [1.165, 1.54) is 28.8 Å². The number of thioether (sulfide) groups is 1. The van der Waals surface area contributed by atoms with E-state index < -0.39 is 4.92 Å². The van der Waals surface area contributed by atoms with Crippen LogP contribution in [0.4, 0.5) is 11.4 Å². The Balaban J connectivity index is 1.91. The number of carbonyl (C=O) groups is 1. The molecule has 1 amide bonds. The maximum Gasteiger partial charge on any atom is 0.288 e. The van der Waals surface area contributed by atoms with Crippen molar-refractivity contribution < 1.29 is 9.72 Å². The second-order valence-electron chi connectivity index (χ2n) is 5.31. The summed E-state index contributed by atoms with van der Waals surface area (Å²) in [5.41, 5.74) is 0.970. The fourth-order valence-corrected chi connectivity index (χ4v) is 3.49. The molecule has 26 heavy (non-hydrogen) atoms. The first-order chi connectivity index (χ1) is 12.3. The molecule has 0 unspecified atom stereocenters. The third kappa shape index (κ3) is 3.90. The van der Waals surface area contributed by atoms with E-state index in [0.717, 1.165) is 0 Å². The lowest BCUT2D eigenvalue weighted by Crippen LogP contribution is -2.23. The zero-order valence-electron chi connectivity index (χ0n) is 13.3. The molecule has 3 rings (SSSR count). The Labute approximate surface area is 163 Å². The number of hydrogen-bond acceptors (Lipinski definition) is 5. The Bertz CT molecular complexity index is 958. The third-order valence-electron chi connectivity index (χ3n) is 3.52. The molecular formula is C17H11Cl2N3O3S. The Kier molecular flexibility index (Phi) is 5.31. The number of nitro groups is 1. The number of rotatable bonds is 3. The van der Waals surface area contributed by atoms with Crippen molar-refractivity contribution in [1.82, 2.24) is 4.90 Å². The highest BCUT2D eigenvalue weighted by atomic mass is 35.5. The van der Waals surface area contributed by atoms with Crippen LogP contribution < -0.4 is 0 Å². The van der Waals surface area contributed by atoms with Crippen LogP contribution in [-0.4, -0.2) is 27.9 Å². The molecule has 1 aliphatic heterocycles. The summed E-state index contributed by atoms with van der Waals surface area (Å²) in [6.45, 7) is 0. The number of amidine groups is 1. The monoisotopic (exact) mass is 407 g/mol. The molecule has 0 aromatic heterocycles. The van der Waals surface area contributed by atoms with Gasteiger partial charge in [0, 0.05) is 18.1 Å². The molecule has 0 bridgehead atoms. The highest BCUT2D eigenvalue weighted by Crippen LogP contribution is 2.34. The molecule has 9 heteroatoms. The molecule has 1 heterocycles. The van der Waals surface area contributed by atoms with Crippen LogP contribution in [0, 0.1) is 10.1 Å². The summed E-state index contributed by atoms with van der Waals surface area (Å²) < 4.78 is 0. The van der Waals surface area contributed by atoms with E-state index >= 15 is 0 Å². The van der Waals surface area contributed by atoms with Crippen molar-refractivity contribution in [1.29, 1.82) is 0 Å². The first-order valence-electron chi connectivity index (χ1n) is 7.31. The van der Waals surface area contributed by atoms with Crippen molar-refractivity contribution in [3.63, 3.8) is 0 Å². The maximum atomic E-state index is 12.4. The highest BCUT2D eigenvalue weighted by molar-refractivity contribution is 8.18. The standard InChI is InChI=1S/C17H11Cl2N3O3S/c1-21-16(23)15(9-10-2-7-13(19)14(8-10)22(24)25)26-17(21)20-12-5-3-11(18)4-6-12/h2-9H,1H3. The number of likely N-dealkylation sites (N-methyl/N-ethyl adjacent to an activating group) is 1. The van der Waals surface area contributed by atoms with E-state index in [1.807, 2.05) is 0 Å². The topological polar surface area (TPSA) is 75.8 Å². The molecular weight excluding hydrogens is 397 g/mol. The molecule has 132 valence electrons. The van der Waals surface area contributed by atoms with Gasteiger partial charge in [0.2, 0.25) is 0 Å². The largest absolute Gasteiger partial charge is 0.290 e. The van der Waals surface area contributed by atoms with Crippen molar-refractivity contribution in [2.75, 3.05) is 7.05 Å². The van der Waals surface area contributed by atoms with E-state index in [1.54, 1.807) is 43.5 Å². The average molecular weight is 408 g/mol. The molecule has 1 fully saturated rings. The second kappa shape index (κ2) is 7.49. The summed E-state index contributed by atoms with van der Waals surface area (Å²) in [4.78, 5) is 29.1. The van der Waals surface area contributed by atoms with Crippen molar-refractivity contribution >= 4 is 63.5 Å². The molecule has 1 saturated heterocycles. The number of aliphatic imine (C=N–C) groups is 1. The van der Waals surface area contributed by atoms with Gasteiger partial charge in [0.15, 0.2) is 5.17 Å². The van der Waals surface area contributed by atoms with Crippen LogP contribution in [0.15, 0.2) is 52.4 Å². The Morgan fingerprint density at radius 1 is 1.19 bits per heavy atom. The lowest BCUT2D eigenvalue weighted by Gasteiger charge is -2.07. The molecule has 6 nitrogen and oxygen atoms in total. The van der Waals surface area contributed by atoms with Crippen LogP contribution >= 0.6 is 35.0 Å². The van der Waals surface area contributed by atoms with Gasteiger partial charge in [-0.25, -0.2) is 4.99 Å². The van der Waals surface area contributed by atoms with Crippen LogP contribution in [0.25, 0.3) is 6.08 Å². The maximum absolute atomic E-state index is 12.4. The zero-order chi connectivity index (χ0) is 18.8. The van der Waals surface area contributed by atoms with Crippen LogP contribution in [-0.2, 0) is 4.79 Å². The fraction of sp³-hybridized carbons (Fsp3) is 0.0588.